The molecule has 3 aromatic rings. The van der Waals surface area contributed by atoms with Crippen molar-refractivity contribution in [3.8, 4) is 10.4 Å². The number of thiophene rings is 1. The summed E-state index contributed by atoms with van der Waals surface area (Å²) in [5.41, 5.74) is 1.60. The van der Waals surface area contributed by atoms with Crippen molar-refractivity contribution in [2.24, 2.45) is 0 Å². The number of pyridine rings is 1. The quantitative estimate of drug-likeness (QED) is 0.773. The predicted octanol–water partition coefficient (Wildman–Crippen LogP) is 3.58. The third kappa shape index (κ3) is 2.96. The van der Waals surface area contributed by atoms with Gasteiger partial charge in [-0.2, -0.15) is 13.2 Å². The molecule has 0 atom stereocenters. The fourth-order valence-corrected chi connectivity index (χ4v) is 3.01. The fraction of sp³-hybridized carbons (Fsp3) is 0.143. The summed E-state index contributed by atoms with van der Waals surface area (Å²) in [5, 5.41) is 2.76. The zero-order valence-electron chi connectivity index (χ0n) is 11.1. The van der Waals surface area contributed by atoms with Crippen LogP contribution < -0.4 is 5.32 Å². The summed E-state index contributed by atoms with van der Waals surface area (Å²) in [7, 11) is 0. The summed E-state index contributed by atoms with van der Waals surface area (Å²) in [6, 6.07) is 6.90. The van der Waals surface area contributed by atoms with E-state index in [4.69, 9.17) is 0 Å². The molecule has 1 amide bonds. The maximum atomic E-state index is 12.1. The maximum Gasteiger partial charge on any atom is 0.405 e. The Morgan fingerprint density at radius 2 is 2.09 bits per heavy atom. The Bertz CT molecular complexity index is 822. The van der Waals surface area contributed by atoms with Crippen LogP contribution in [0.1, 0.15) is 9.67 Å². The Labute approximate surface area is 127 Å². The van der Waals surface area contributed by atoms with Gasteiger partial charge in [-0.15, -0.1) is 11.3 Å². The van der Waals surface area contributed by atoms with Gasteiger partial charge in [-0.05, 0) is 24.3 Å². The number of aromatic amines is 1. The Balaban J connectivity index is 1.85. The summed E-state index contributed by atoms with van der Waals surface area (Å²) >= 11 is 1.14. The molecule has 114 valence electrons. The first-order chi connectivity index (χ1) is 10.4. The highest BCUT2D eigenvalue weighted by Crippen LogP contribution is 2.32. The Hall–Kier alpha value is -2.35. The standard InChI is InChI=1S/C14H10F3N3OS/c15-14(16,17)7-20-13(21)11-2-1-10(22-11)8-3-5-18-12-9(8)4-6-19-12/h1-6H,7H2,(H,18,19)(H,20,21). The molecular weight excluding hydrogens is 315 g/mol. The van der Waals surface area contributed by atoms with Gasteiger partial charge in [0.15, 0.2) is 0 Å². The first kappa shape index (κ1) is 14.6. The number of hydrogen-bond acceptors (Lipinski definition) is 3. The summed E-state index contributed by atoms with van der Waals surface area (Å²) in [5.74, 6) is -0.729. The van der Waals surface area contributed by atoms with Crippen molar-refractivity contribution < 1.29 is 18.0 Å². The van der Waals surface area contributed by atoms with Gasteiger partial charge < -0.3 is 10.3 Å². The average Bonchev–Trinajstić information content (AvgIpc) is 3.12. The number of fused-ring (bicyclic) bond motifs is 1. The van der Waals surface area contributed by atoms with Gasteiger partial charge in [-0.1, -0.05) is 0 Å². The summed E-state index contributed by atoms with van der Waals surface area (Å²) < 4.78 is 36.4. The average molecular weight is 325 g/mol. The molecule has 3 rings (SSSR count). The van der Waals surface area contributed by atoms with Crippen molar-refractivity contribution in [2.45, 2.75) is 6.18 Å². The van der Waals surface area contributed by atoms with Crippen molar-refractivity contribution in [3.05, 3.63) is 41.5 Å². The zero-order chi connectivity index (χ0) is 15.7. The minimum Gasteiger partial charge on any atom is -0.346 e. The molecule has 0 unspecified atom stereocenters. The molecule has 0 saturated carbocycles. The molecule has 0 aliphatic carbocycles. The molecule has 0 radical (unpaired) electrons. The lowest BCUT2D eigenvalue weighted by molar-refractivity contribution is -0.123. The van der Waals surface area contributed by atoms with Gasteiger partial charge in [0.2, 0.25) is 0 Å². The number of alkyl halides is 3. The molecule has 2 N–H and O–H groups in total. The number of rotatable bonds is 3. The highest BCUT2D eigenvalue weighted by Gasteiger charge is 2.28. The van der Waals surface area contributed by atoms with Crippen molar-refractivity contribution >= 4 is 28.3 Å². The van der Waals surface area contributed by atoms with E-state index in [9.17, 15) is 18.0 Å². The number of amides is 1. The van der Waals surface area contributed by atoms with E-state index in [1.807, 2.05) is 11.4 Å². The van der Waals surface area contributed by atoms with Crippen LogP contribution in [0.15, 0.2) is 36.7 Å². The van der Waals surface area contributed by atoms with Crippen molar-refractivity contribution in [3.63, 3.8) is 0 Å². The first-order valence-electron chi connectivity index (χ1n) is 6.31. The molecular formula is C14H10F3N3OS. The number of carbonyl (C=O) groups excluding carboxylic acids is 1. The monoisotopic (exact) mass is 325 g/mol. The van der Waals surface area contributed by atoms with Crippen LogP contribution in [0.2, 0.25) is 0 Å². The van der Waals surface area contributed by atoms with Crippen molar-refractivity contribution in [2.75, 3.05) is 6.54 Å². The van der Waals surface area contributed by atoms with E-state index in [0.29, 0.717) is 5.65 Å². The van der Waals surface area contributed by atoms with Crippen LogP contribution in [0.3, 0.4) is 0 Å². The molecule has 3 heterocycles. The summed E-state index contributed by atoms with van der Waals surface area (Å²) in [4.78, 5) is 19.9. The van der Waals surface area contributed by atoms with Gasteiger partial charge >= 0.3 is 6.18 Å². The highest BCUT2D eigenvalue weighted by molar-refractivity contribution is 7.17. The Morgan fingerprint density at radius 3 is 2.86 bits per heavy atom. The molecule has 0 aliphatic heterocycles. The second-order valence-corrected chi connectivity index (χ2v) is 5.64. The van der Waals surface area contributed by atoms with E-state index >= 15 is 0 Å². The van der Waals surface area contributed by atoms with Gasteiger partial charge in [0, 0.05) is 28.2 Å². The molecule has 0 aliphatic rings. The molecule has 0 spiro atoms. The topological polar surface area (TPSA) is 57.8 Å². The predicted molar refractivity (Wildman–Crippen MR) is 77.8 cm³/mol. The Morgan fingerprint density at radius 1 is 1.27 bits per heavy atom. The fourth-order valence-electron chi connectivity index (χ4n) is 2.05. The highest BCUT2D eigenvalue weighted by atomic mass is 32.1. The van der Waals surface area contributed by atoms with E-state index in [-0.39, 0.29) is 4.88 Å². The number of H-pyrrole nitrogens is 1. The van der Waals surface area contributed by atoms with E-state index < -0.39 is 18.6 Å². The molecule has 4 nitrogen and oxygen atoms in total. The van der Waals surface area contributed by atoms with Crippen LogP contribution in [-0.2, 0) is 0 Å². The molecule has 8 heteroatoms. The lowest BCUT2D eigenvalue weighted by Crippen LogP contribution is -2.33. The molecule has 0 bridgehead atoms. The van der Waals surface area contributed by atoms with Gasteiger partial charge in [-0.25, -0.2) is 4.98 Å². The van der Waals surface area contributed by atoms with Gasteiger partial charge in [0.25, 0.3) is 5.91 Å². The first-order valence-corrected chi connectivity index (χ1v) is 7.13. The van der Waals surface area contributed by atoms with Crippen LogP contribution in [0.25, 0.3) is 21.5 Å². The van der Waals surface area contributed by atoms with E-state index in [1.165, 1.54) is 6.07 Å². The number of hydrogen-bond donors (Lipinski definition) is 2. The third-order valence-corrected chi connectivity index (χ3v) is 4.12. The summed E-state index contributed by atoms with van der Waals surface area (Å²) in [6.45, 7) is -1.34. The number of aromatic nitrogens is 2. The normalized spacial score (nSPS) is 11.8. The smallest absolute Gasteiger partial charge is 0.346 e. The molecule has 0 saturated heterocycles. The second-order valence-electron chi connectivity index (χ2n) is 4.56. The van der Waals surface area contributed by atoms with Crippen LogP contribution in [-0.4, -0.2) is 28.6 Å². The van der Waals surface area contributed by atoms with E-state index in [1.54, 1.807) is 24.5 Å². The molecule has 22 heavy (non-hydrogen) atoms. The van der Waals surface area contributed by atoms with E-state index in [2.05, 4.69) is 9.97 Å². The third-order valence-electron chi connectivity index (χ3n) is 3.00. The molecule has 3 aromatic heterocycles. The lowest BCUT2D eigenvalue weighted by atomic mass is 10.1. The minimum absolute atomic E-state index is 0.236. The van der Waals surface area contributed by atoms with Gasteiger partial charge in [0.05, 0.1) is 4.88 Å². The largest absolute Gasteiger partial charge is 0.405 e. The lowest BCUT2D eigenvalue weighted by Gasteiger charge is -2.06. The van der Waals surface area contributed by atoms with E-state index in [0.717, 1.165) is 27.2 Å². The van der Waals surface area contributed by atoms with Gasteiger partial charge in [-0.3, -0.25) is 4.79 Å². The van der Waals surface area contributed by atoms with Crippen LogP contribution in [0.4, 0.5) is 13.2 Å². The van der Waals surface area contributed by atoms with Gasteiger partial charge in [0.1, 0.15) is 12.2 Å². The maximum absolute atomic E-state index is 12.1. The van der Waals surface area contributed by atoms with Crippen LogP contribution in [0.5, 0.6) is 0 Å². The SMILES string of the molecule is O=C(NCC(F)(F)F)c1ccc(-c2ccnc3[nH]ccc23)s1. The van der Waals surface area contributed by atoms with Crippen LogP contribution >= 0.6 is 11.3 Å². The molecule has 0 aromatic carbocycles. The number of nitrogens with zero attached hydrogens (tertiary/aromatic N) is 1. The minimum atomic E-state index is -4.42. The zero-order valence-corrected chi connectivity index (χ0v) is 11.9. The number of halogens is 3. The van der Waals surface area contributed by atoms with Crippen molar-refractivity contribution in [1.29, 1.82) is 0 Å². The van der Waals surface area contributed by atoms with Crippen LogP contribution in [0, 0.1) is 0 Å². The van der Waals surface area contributed by atoms with Crippen molar-refractivity contribution in [1.82, 2.24) is 15.3 Å². The molecule has 0 fully saturated rings. The second kappa shape index (κ2) is 5.45. The Kier molecular flexibility index (Phi) is 3.61. The number of carbonyl (C=O) groups is 1. The summed E-state index contributed by atoms with van der Waals surface area (Å²) in [6.07, 6.45) is -1.03. The number of nitrogens with one attached hydrogen (secondary N) is 2.